The van der Waals surface area contributed by atoms with Crippen molar-refractivity contribution in [1.29, 1.82) is 0 Å². The van der Waals surface area contributed by atoms with Gasteiger partial charge in [-0.25, -0.2) is 8.42 Å². The van der Waals surface area contributed by atoms with Crippen LogP contribution in [0, 0.1) is 20.8 Å². The average molecular weight is 391 g/mol. The van der Waals surface area contributed by atoms with E-state index in [0.717, 1.165) is 5.56 Å². The molecule has 1 amide bonds. The normalized spacial score (nSPS) is 15.9. The Morgan fingerprint density at radius 2 is 1.85 bits per heavy atom. The van der Waals surface area contributed by atoms with Crippen LogP contribution in [-0.2, 0) is 21.2 Å². The predicted octanol–water partition coefficient (Wildman–Crippen LogP) is 2.07. The van der Waals surface area contributed by atoms with Gasteiger partial charge in [-0.1, -0.05) is 35.0 Å². The molecule has 0 radical (unpaired) electrons. The van der Waals surface area contributed by atoms with Crippen LogP contribution in [0.25, 0.3) is 0 Å². The molecule has 0 aliphatic carbocycles. The molecule has 1 aromatic carbocycles. The van der Waals surface area contributed by atoms with Crippen LogP contribution in [0.5, 0.6) is 0 Å². The van der Waals surface area contributed by atoms with Gasteiger partial charge in [0.25, 0.3) is 0 Å². The van der Waals surface area contributed by atoms with Crippen molar-refractivity contribution in [3.63, 3.8) is 0 Å². The summed E-state index contributed by atoms with van der Waals surface area (Å²) in [7, 11) is -3.65. The van der Waals surface area contributed by atoms with E-state index in [1.54, 1.807) is 18.7 Å². The van der Waals surface area contributed by atoms with E-state index in [1.807, 2.05) is 25.1 Å². The number of rotatable bonds is 5. The minimum Gasteiger partial charge on any atom is -0.360 e. The summed E-state index contributed by atoms with van der Waals surface area (Å²) in [4.78, 5) is 14.4. The number of sulfonamides is 1. The van der Waals surface area contributed by atoms with Gasteiger partial charge in [-0.3, -0.25) is 4.79 Å². The largest absolute Gasteiger partial charge is 0.360 e. The maximum Gasteiger partial charge on any atom is 0.248 e. The van der Waals surface area contributed by atoms with Crippen LogP contribution in [0.15, 0.2) is 33.7 Å². The smallest absolute Gasteiger partial charge is 0.248 e. The number of benzene rings is 1. The number of carbonyl (C=O) groups excluding carboxylic acids is 1. The van der Waals surface area contributed by atoms with Crippen molar-refractivity contribution in [2.24, 2.45) is 0 Å². The Labute approximate surface area is 160 Å². The molecule has 0 atom stereocenters. The van der Waals surface area contributed by atoms with Crippen molar-refractivity contribution in [3.05, 3.63) is 46.8 Å². The van der Waals surface area contributed by atoms with E-state index in [4.69, 9.17) is 4.52 Å². The SMILES string of the molecule is Cc1cccc(CCC(=O)N2CCN(S(=O)(=O)c3c(C)noc3C)CC2)c1. The monoisotopic (exact) mass is 391 g/mol. The minimum atomic E-state index is -3.65. The third-order valence-electron chi connectivity index (χ3n) is 4.87. The van der Waals surface area contributed by atoms with Gasteiger partial charge in [0, 0.05) is 32.6 Å². The maximum atomic E-state index is 12.8. The Bertz CT molecular complexity index is 909. The Morgan fingerprint density at radius 3 is 2.44 bits per heavy atom. The predicted molar refractivity (Wildman–Crippen MR) is 101 cm³/mol. The highest BCUT2D eigenvalue weighted by Gasteiger charge is 2.34. The molecule has 2 heterocycles. The quantitative estimate of drug-likeness (QED) is 0.779. The van der Waals surface area contributed by atoms with Gasteiger partial charge < -0.3 is 9.42 Å². The molecule has 146 valence electrons. The van der Waals surface area contributed by atoms with E-state index < -0.39 is 10.0 Å². The molecule has 8 heteroatoms. The molecule has 2 aromatic rings. The molecule has 0 spiro atoms. The van der Waals surface area contributed by atoms with Crippen LogP contribution in [0.4, 0.5) is 0 Å². The summed E-state index contributed by atoms with van der Waals surface area (Å²) in [5.74, 6) is 0.357. The standard InChI is InChI=1S/C19H25N3O4S/c1-14-5-4-6-17(13-14)7-8-18(23)21-9-11-22(12-10-21)27(24,25)19-15(2)20-26-16(19)3/h4-6,13H,7-12H2,1-3H3. The second-order valence-electron chi connectivity index (χ2n) is 6.93. The molecule has 1 aromatic heterocycles. The van der Waals surface area contributed by atoms with Crippen LogP contribution >= 0.6 is 0 Å². The molecule has 0 unspecified atom stereocenters. The highest BCUT2D eigenvalue weighted by molar-refractivity contribution is 7.89. The van der Waals surface area contributed by atoms with E-state index in [0.29, 0.717) is 37.4 Å². The first kappa shape index (κ1) is 19.6. The zero-order chi connectivity index (χ0) is 19.6. The third-order valence-corrected chi connectivity index (χ3v) is 7.01. The average Bonchev–Trinajstić information content (AvgIpc) is 2.99. The van der Waals surface area contributed by atoms with E-state index in [1.165, 1.54) is 9.87 Å². The van der Waals surface area contributed by atoms with Crippen LogP contribution in [0.2, 0.25) is 0 Å². The number of hydrogen-bond acceptors (Lipinski definition) is 5. The summed E-state index contributed by atoms with van der Waals surface area (Å²) >= 11 is 0. The zero-order valence-corrected chi connectivity index (χ0v) is 16.8. The number of piperazine rings is 1. The first-order valence-corrected chi connectivity index (χ1v) is 10.5. The Hall–Kier alpha value is -2.19. The minimum absolute atomic E-state index is 0.0610. The molecule has 0 bridgehead atoms. The molecular formula is C19H25N3O4S. The fourth-order valence-electron chi connectivity index (χ4n) is 3.43. The number of aromatic nitrogens is 1. The number of amides is 1. The summed E-state index contributed by atoms with van der Waals surface area (Å²) in [6, 6.07) is 8.13. The van der Waals surface area contributed by atoms with Crippen LogP contribution in [0.3, 0.4) is 0 Å². The number of hydrogen-bond donors (Lipinski definition) is 0. The fourth-order valence-corrected chi connectivity index (χ4v) is 5.14. The van der Waals surface area contributed by atoms with Crippen LogP contribution in [0.1, 0.15) is 29.0 Å². The van der Waals surface area contributed by atoms with Crippen LogP contribution < -0.4 is 0 Å². The van der Waals surface area contributed by atoms with Crippen molar-refractivity contribution >= 4 is 15.9 Å². The lowest BCUT2D eigenvalue weighted by atomic mass is 10.1. The van der Waals surface area contributed by atoms with E-state index in [9.17, 15) is 13.2 Å². The second kappa shape index (κ2) is 7.82. The summed E-state index contributed by atoms with van der Waals surface area (Å²) in [5, 5.41) is 3.73. The van der Waals surface area contributed by atoms with Gasteiger partial charge >= 0.3 is 0 Å². The van der Waals surface area contributed by atoms with E-state index in [2.05, 4.69) is 11.2 Å². The summed E-state index contributed by atoms with van der Waals surface area (Å²) in [5.41, 5.74) is 2.69. The third kappa shape index (κ3) is 4.22. The molecule has 0 saturated carbocycles. The van der Waals surface area contributed by atoms with Gasteiger partial charge in [0.05, 0.1) is 0 Å². The maximum absolute atomic E-state index is 12.8. The molecular weight excluding hydrogens is 366 g/mol. The van der Waals surface area contributed by atoms with E-state index in [-0.39, 0.29) is 23.9 Å². The lowest BCUT2D eigenvalue weighted by molar-refractivity contribution is -0.132. The second-order valence-corrected chi connectivity index (χ2v) is 8.80. The topological polar surface area (TPSA) is 83.7 Å². The van der Waals surface area contributed by atoms with Gasteiger partial charge in [0.15, 0.2) is 5.76 Å². The van der Waals surface area contributed by atoms with Gasteiger partial charge in [-0.15, -0.1) is 0 Å². The Balaban J connectivity index is 1.57. The Morgan fingerprint density at radius 1 is 1.15 bits per heavy atom. The van der Waals surface area contributed by atoms with Crippen molar-refractivity contribution in [1.82, 2.24) is 14.4 Å². The number of aryl methyl sites for hydroxylation is 4. The molecule has 1 fully saturated rings. The highest BCUT2D eigenvalue weighted by Crippen LogP contribution is 2.24. The van der Waals surface area contributed by atoms with Crippen molar-refractivity contribution in [2.45, 2.75) is 38.5 Å². The van der Waals surface area contributed by atoms with Crippen molar-refractivity contribution in [2.75, 3.05) is 26.2 Å². The molecule has 3 rings (SSSR count). The molecule has 1 aliphatic heterocycles. The fraction of sp³-hybridized carbons (Fsp3) is 0.474. The number of carbonyl (C=O) groups is 1. The van der Waals surface area contributed by atoms with Crippen molar-refractivity contribution < 1.29 is 17.7 Å². The summed E-state index contributed by atoms with van der Waals surface area (Å²) < 4.78 is 32.1. The van der Waals surface area contributed by atoms with Gasteiger partial charge in [0.2, 0.25) is 15.9 Å². The summed E-state index contributed by atoms with van der Waals surface area (Å²) in [6.07, 6.45) is 1.12. The van der Waals surface area contributed by atoms with Crippen LogP contribution in [-0.4, -0.2) is 54.9 Å². The molecule has 1 aliphatic rings. The van der Waals surface area contributed by atoms with Gasteiger partial charge in [-0.2, -0.15) is 4.31 Å². The first-order valence-electron chi connectivity index (χ1n) is 9.05. The molecule has 0 N–H and O–H groups in total. The molecule has 1 saturated heterocycles. The molecule has 27 heavy (non-hydrogen) atoms. The zero-order valence-electron chi connectivity index (χ0n) is 15.9. The number of nitrogens with zero attached hydrogens (tertiary/aromatic N) is 3. The highest BCUT2D eigenvalue weighted by atomic mass is 32.2. The van der Waals surface area contributed by atoms with Gasteiger partial charge in [0.1, 0.15) is 10.6 Å². The lowest BCUT2D eigenvalue weighted by Gasteiger charge is -2.34. The molecule has 7 nitrogen and oxygen atoms in total. The summed E-state index contributed by atoms with van der Waals surface area (Å²) in [6.45, 7) is 6.60. The Kier molecular flexibility index (Phi) is 5.67. The van der Waals surface area contributed by atoms with Crippen molar-refractivity contribution in [3.8, 4) is 0 Å². The van der Waals surface area contributed by atoms with Gasteiger partial charge in [-0.05, 0) is 32.8 Å². The lowest BCUT2D eigenvalue weighted by Crippen LogP contribution is -2.50. The van der Waals surface area contributed by atoms with E-state index >= 15 is 0 Å². The first-order chi connectivity index (χ1) is 12.8.